The fourth-order valence-electron chi connectivity index (χ4n) is 1.71. The van der Waals surface area contributed by atoms with Gasteiger partial charge in [-0.25, -0.2) is 9.97 Å². The Kier molecular flexibility index (Phi) is 6.57. The molecule has 1 N–H and O–H groups in total. The van der Waals surface area contributed by atoms with Gasteiger partial charge in [-0.2, -0.15) is 5.26 Å². The number of rotatable bonds is 7. The van der Waals surface area contributed by atoms with Crippen LogP contribution in [0.2, 0.25) is 0 Å². The maximum Gasteiger partial charge on any atom is 0.148 e. The van der Waals surface area contributed by atoms with Crippen LogP contribution in [-0.2, 0) is 0 Å². The van der Waals surface area contributed by atoms with Crippen molar-refractivity contribution in [1.29, 1.82) is 5.26 Å². The molecule has 1 aromatic heterocycles. The quantitative estimate of drug-likeness (QED) is 0.834. The number of nitrogens with zero attached hydrogens (tertiary/aromatic N) is 4. The molecule has 0 aliphatic rings. The predicted molar refractivity (Wildman–Crippen MR) is 81.2 cm³/mol. The van der Waals surface area contributed by atoms with E-state index in [4.69, 9.17) is 5.26 Å². The van der Waals surface area contributed by atoms with Crippen molar-refractivity contribution < 1.29 is 0 Å². The monoisotopic (exact) mass is 325 g/mol. The number of nitriles is 1. The molecule has 1 rings (SSSR count). The number of halogens is 1. The Morgan fingerprint density at radius 1 is 1.47 bits per heavy atom. The molecule has 0 fully saturated rings. The number of anilines is 2. The highest BCUT2D eigenvalue weighted by atomic mass is 79.9. The molecule has 0 spiro atoms. The summed E-state index contributed by atoms with van der Waals surface area (Å²) in [4.78, 5) is 10.7. The number of nitrogens with one attached hydrogen (secondary N) is 1. The van der Waals surface area contributed by atoms with Crippen LogP contribution in [0.15, 0.2) is 10.8 Å². The van der Waals surface area contributed by atoms with E-state index in [0.29, 0.717) is 13.0 Å². The Morgan fingerprint density at radius 3 is 2.79 bits per heavy atom. The van der Waals surface area contributed by atoms with Crippen molar-refractivity contribution in [2.24, 2.45) is 0 Å². The van der Waals surface area contributed by atoms with Crippen molar-refractivity contribution in [3.8, 4) is 6.07 Å². The normalized spacial score (nSPS) is 10.3. The highest BCUT2D eigenvalue weighted by Gasteiger charge is 2.17. The third-order valence-electron chi connectivity index (χ3n) is 2.67. The summed E-state index contributed by atoms with van der Waals surface area (Å²) in [5, 5.41) is 12.0. The van der Waals surface area contributed by atoms with E-state index in [1.165, 1.54) is 0 Å². The summed E-state index contributed by atoms with van der Waals surface area (Å²) in [7, 11) is 0. The fourth-order valence-corrected chi connectivity index (χ4v) is 2.28. The summed E-state index contributed by atoms with van der Waals surface area (Å²) < 4.78 is 0.857. The average Bonchev–Trinajstić information content (AvgIpc) is 2.39. The summed E-state index contributed by atoms with van der Waals surface area (Å²) >= 11 is 3.56. The van der Waals surface area contributed by atoms with Crippen molar-refractivity contribution in [2.45, 2.75) is 39.7 Å². The van der Waals surface area contributed by atoms with E-state index in [-0.39, 0.29) is 6.04 Å². The van der Waals surface area contributed by atoms with Gasteiger partial charge in [-0.3, -0.25) is 0 Å². The first kappa shape index (κ1) is 15.7. The van der Waals surface area contributed by atoms with Crippen molar-refractivity contribution in [2.75, 3.05) is 23.3 Å². The van der Waals surface area contributed by atoms with Crippen LogP contribution >= 0.6 is 15.9 Å². The molecule has 104 valence electrons. The van der Waals surface area contributed by atoms with Gasteiger partial charge in [0.25, 0.3) is 0 Å². The van der Waals surface area contributed by atoms with Crippen LogP contribution in [0.1, 0.15) is 33.6 Å². The molecule has 0 aromatic carbocycles. The topological polar surface area (TPSA) is 64.8 Å². The van der Waals surface area contributed by atoms with Gasteiger partial charge < -0.3 is 10.2 Å². The largest absolute Gasteiger partial charge is 0.369 e. The summed E-state index contributed by atoms with van der Waals surface area (Å²) in [5.74, 6) is 1.63. The molecule has 0 aliphatic carbocycles. The Labute approximate surface area is 123 Å². The molecule has 1 aromatic rings. The van der Waals surface area contributed by atoms with Crippen molar-refractivity contribution >= 4 is 27.6 Å². The maximum atomic E-state index is 8.75. The van der Waals surface area contributed by atoms with Crippen LogP contribution in [0, 0.1) is 11.3 Å². The first-order valence-corrected chi connectivity index (χ1v) is 7.29. The highest BCUT2D eigenvalue weighted by molar-refractivity contribution is 9.10. The first-order chi connectivity index (χ1) is 9.11. The van der Waals surface area contributed by atoms with Gasteiger partial charge >= 0.3 is 0 Å². The van der Waals surface area contributed by atoms with Crippen LogP contribution in [0.3, 0.4) is 0 Å². The van der Waals surface area contributed by atoms with Crippen molar-refractivity contribution in [3.63, 3.8) is 0 Å². The van der Waals surface area contributed by atoms with E-state index in [1.54, 1.807) is 6.33 Å². The van der Waals surface area contributed by atoms with Crippen molar-refractivity contribution in [3.05, 3.63) is 10.8 Å². The van der Waals surface area contributed by atoms with Gasteiger partial charge in [0, 0.05) is 19.1 Å². The minimum absolute atomic E-state index is 0.276. The molecule has 19 heavy (non-hydrogen) atoms. The fraction of sp³-hybridized carbons (Fsp3) is 0.615. The molecule has 0 radical (unpaired) electrons. The molecule has 1 heterocycles. The molecule has 0 amide bonds. The third-order valence-corrected chi connectivity index (χ3v) is 3.40. The van der Waals surface area contributed by atoms with E-state index < -0.39 is 0 Å². The van der Waals surface area contributed by atoms with E-state index in [2.05, 4.69) is 63.0 Å². The Bertz CT molecular complexity index is 441. The predicted octanol–water partition coefficient (Wildman–Crippen LogP) is 3.19. The van der Waals surface area contributed by atoms with Gasteiger partial charge in [-0.15, -0.1) is 0 Å². The standard InChI is InChI=1S/C13H20BrN5/c1-4-7-16-12-11(14)13(18-9-17-12)19(10(2)3)8-5-6-15/h9-10H,4-5,7-8H2,1-3H3,(H,16,17,18). The van der Waals surface area contributed by atoms with Crippen LogP contribution in [0.4, 0.5) is 11.6 Å². The van der Waals surface area contributed by atoms with E-state index in [0.717, 1.165) is 29.1 Å². The number of hydrogen-bond acceptors (Lipinski definition) is 5. The zero-order valence-electron chi connectivity index (χ0n) is 11.6. The average molecular weight is 326 g/mol. The molecular weight excluding hydrogens is 306 g/mol. The van der Waals surface area contributed by atoms with Crippen LogP contribution < -0.4 is 10.2 Å². The molecule has 0 atom stereocenters. The second-order valence-electron chi connectivity index (χ2n) is 4.48. The van der Waals surface area contributed by atoms with Crippen LogP contribution in [0.5, 0.6) is 0 Å². The lowest BCUT2D eigenvalue weighted by Gasteiger charge is -2.28. The van der Waals surface area contributed by atoms with Crippen molar-refractivity contribution in [1.82, 2.24) is 9.97 Å². The molecule has 5 nitrogen and oxygen atoms in total. The Hall–Kier alpha value is -1.35. The molecule has 0 saturated heterocycles. The summed E-state index contributed by atoms with van der Waals surface area (Å²) in [5.41, 5.74) is 0. The van der Waals surface area contributed by atoms with E-state index >= 15 is 0 Å². The minimum Gasteiger partial charge on any atom is -0.369 e. The minimum atomic E-state index is 0.276. The van der Waals surface area contributed by atoms with Gasteiger partial charge in [0.15, 0.2) is 0 Å². The van der Waals surface area contributed by atoms with E-state index in [1.807, 2.05) is 0 Å². The SMILES string of the molecule is CCCNc1ncnc(N(CCC#N)C(C)C)c1Br. The lowest BCUT2D eigenvalue weighted by molar-refractivity contribution is 0.674. The zero-order chi connectivity index (χ0) is 14.3. The first-order valence-electron chi connectivity index (χ1n) is 6.49. The molecule has 0 unspecified atom stereocenters. The second-order valence-corrected chi connectivity index (χ2v) is 5.27. The molecule has 6 heteroatoms. The van der Waals surface area contributed by atoms with Crippen LogP contribution in [0.25, 0.3) is 0 Å². The summed E-state index contributed by atoms with van der Waals surface area (Å²) in [6, 6.07) is 2.45. The van der Waals surface area contributed by atoms with Crippen LogP contribution in [-0.4, -0.2) is 29.1 Å². The second kappa shape index (κ2) is 7.95. The van der Waals surface area contributed by atoms with Gasteiger partial charge in [0.1, 0.15) is 22.4 Å². The van der Waals surface area contributed by atoms with E-state index in [9.17, 15) is 0 Å². The lowest BCUT2D eigenvalue weighted by atomic mass is 10.3. The number of hydrogen-bond donors (Lipinski definition) is 1. The molecule has 0 saturated carbocycles. The smallest absolute Gasteiger partial charge is 0.148 e. The lowest BCUT2D eigenvalue weighted by Crippen LogP contribution is -2.33. The van der Waals surface area contributed by atoms with Gasteiger partial charge in [-0.1, -0.05) is 6.92 Å². The van der Waals surface area contributed by atoms with Gasteiger partial charge in [0.2, 0.25) is 0 Å². The Morgan fingerprint density at radius 2 is 2.21 bits per heavy atom. The maximum absolute atomic E-state index is 8.75. The third kappa shape index (κ3) is 4.35. The molecule has 0 aliphatic heterocycles. The Balaban J connectivity index is 2.99. The zero-order valence-corrected chi connectivity index (χ0v) is 13.2. The van der Waals surface area contributed by atoms with Gasteiger partial charge in [0.05, 0.1) is 12.5 Å². The summed E-state index contributed by atoms with van der Waals surface area (Å²) in [6.45, 7) is 7.82. The highest BCUT2D eigenvalue weighted by Crippen LogP contribution is 2.30. The summed E-state index contributed by atoms with van der Waals surface area (Å²) in [6.07, 6.45) is 3.07. The number of aromatic nitrogens is 2. The molecular formula is C13H20BrN5. The molecule has 0 bridgehead atoms. The van der Waals surface area contributed by atoms with Gasteiger partial charge in [-0.05, 0) is 36.2 Å².